The number of aromatic nitrogens is 1. The van der Waals surface area contributed by atoms with Gasteiger partial charge in [-0.3, -0.25) is 0 Å². The van der Waals surface area contributed by atoms with Gasteiger partial charge in [0.05, 0.1) is 27.1 Å². The van der Waals surface area contributed by atoms with Gasteiger partial charge in [0.25, 0.3) is 0 Å². The molecule has 0 N–H and O–H groups in total. The monoisotopic (exact) mass is 656 g/mol. The second kappa shape index (κ2) is 11.8. The number of rotatable bonds is 6. The third kappa shape index (κ3) is 4.55. The van der Waals surface area contributed by atoms with E-state index in [0.29, 0.717) is 0 Å². The van der Waals surface area contributed by atoms with E-state index in [2.05, 4.69) is 191 Å². The first kappa shape index (κ1) is 28.8. The Balaban J connectivity index is 1.22. The molecule has 2 nitrogen and oxygen atoms in total. The molecule has 0 saturated carbocycles. The Morgan fingerprint density at radius 1 is 0.440 bits per heavy atom. The fourth-order valence-corrected chi connectivity index (χ4v) is 9.07. The Morgan fingerprint density at radius 3 is 1.84 bits per heavy atom. The lowest BCUT2D eigenvalue weighted by molar-refractivity contribution is 1.10. The van der Waals surface area contributed by atoms with Gasteiger partial charge in [0.1, 0.15) is 0 Å². The molecule has 3 heteroatoms. The topological polar surface area (TPSA) is 8.17 Å². The van der Waals surface area contributed by atoms with E-state index >= 15 is 0 Å². The zero-order valence-corrected chi connectivity index (χ0v) is 28.1. The molecule has 0 bridgehead atoms. The van der Waals surface area contributed by atoms with E-state index in [1.165, 1.54) is 80.9 Å². The molecule has 2 heterocycles. The molecule has 0 aliphatic carbocycles. The van der Waals surface area contributed by atoms with Crippen LogP contribution in [0.4, 0.5) is 17.1 Å². The van der Waals surface area contributed by atoms with Crippen molar-refractivity contribution in [2.24, 2.45) is 0 Å². The van der Waals surface area contributed by atoms with Gasteiger partial charge < -0.3 is 9.47 Å². The number of benzene rings is 8. The van der Waals surface area contributed by atoms with E-state index in [9.17, 15) is 0 Å². The van der Waals surface area contributed by atoms with Crippen LogP contribution in [0.15, 0.2) is 182 Å². The van der Waals surface area contributed by atoms with Gasteiger partial charge in [-0.05, 0) is 70.4 Å². The number of hydrogen-bond donors (Lipinski definition) is 0. The first-order valence-electron chi connectivity index (χ1n) is 17.2. The Bertz CT molecular complexity index is 2810. The molecular formula is C47H32N2S. The summed E-state index contributed by atoms with van der Waals surface area (Å²) in [7, 11) is 0. The van der Waals surface area contributed by atoms with Crippen molar-refractivity contribution in [2.75, 3.05) is 4.90 Å². The number of anilines is 3. The van der Waals surface area contributed by atoms with Crippen LogP contribution >= 0.6 is 11.3 Å². The van der Waals surface area contributed by atoms with Crippen molar-refractivity contribution in [1.29, 1.82) is 0 Å². The quantitative estimate of drug-likeness (QED) is 0.173. The van der Waals surface area contributed by atoms with Crippen LogP contribution in [0.3, 0.4) is 0 Å². The van der Waals surface area contributed by atoms with Crippen molar-refractivity contribution in [3.8, 4) is 5.69 Å². The summed E-state index contributed by atoms with van der Waals surface area (Å²) in [5.41, 5.74) is 9.77. The summed E-state index contributed by atoms with van der Waals surface area (Å²) in [6.07, 6.45) is 0.763. The molecule has 10 rings (SSSR count). The van der Waals surface area contributed by atoms with Crippen LogP contribution in [0.2, 0.25) is 0 Å². The van der Waals surface area contributed by atoms with E-state index in [-0.39, 0.29) is 0 Å². The average Bonchev–Trinajstić information content (AvgIpc) is 3.73. The van der Waals surface area contributed by atoms with Crippen molar-refractivity contribution >= 4 is 81.1 Å². The van der Waals surface area contributed by atoms with Crippen molar-refractivity contribution in [3.05, 3.63) is 193 Å². The summed E-state index contributed by atoms with van der Waals surface area (Å²) >= 11 is 1.88. The van der Waals surface area contributed by atoms with Crippen LogP contribution in [0.5, 0.6) is 0 Å². The predicted molar refractivity (Wildman–Crippen MR) is 215 cm³/mol. The second-order valence-corrected chi connectivity index (χ2v) is 13.9. The minimum Gasteiger partial charge on any atom is -0.309 e. The van der Waals surface area contributed by atoms with Crippen molar-refractivity contribution in [2.45, 2.75) is 6.42 Å². The molecular weight excluding hydrogens is 625 g/mol. The molecule has 2 aromatic heterocycles. The lowest BCUT2D eigenvalue weighted by atomic mass is 9.94. The van der Waals surface area contributed by atoms with Gasteiger partial charge in [0.15, 0.2) is 0 Å². The molecule has 0 fully saturated rings. The van der Waals surface area contributed by atoms with Crippen molar-refractivity contribution in [1.82, 2.24) is 4.57 Å². The molecule has 0 spiro atoms. The van der Waals surface area contributed by atoms with Gasteiger partial charge >= 0.3 is 0 Å². The Morgan fingerprint density at radius 2 is 1.04 bits per heavy atom. The minimum atomic E-state index is 0.763. The van der Waals surface area contributed by atoms with E-state index in [1.54, 1.807) is 0 Å². The number of thiophene rings is 1. The van der Waals surface area contributed by atoms with E-state index in [0.717, 1.165) is 12.1 Å². The summed E-state index contributed by atoms with van der Waals surface area (Å²) in [5.74, 6) is 0. The Labute approximate surface area is 294 Å². The minimum absolute atomic E-state index is 0.763. The normalized spacial score (nSPS) is 11.7. The van der Waals surface area contributed by atoms with Crippen LogP contribution in [-0.2, 0) is 6.42 Å². The first-order chi connectivity index (χ1) is 24.8. The van der Waals surface area contributed by atoms with E-state index in [1.807, 2.05) is 11.3 Å². The second-order valence-electron chi connectivity index (χ2n) is 12.9. The van der Waals surface area contributed by atoms with Crippen molar-refractivity contribution < 1.29 is 0 Å². The van der Waals surface area contributed by atoms with Gasteiger partial charge in [-0.1, -0.05) is 133 Å². The Hall–Kier alpha value is -6.16. The van der Waals surface area contributed by atoms with Crippen molar-refractivity contribution in [3.63, 3.8) is 0 Å². The lowest BCUT2D eigenvalue weighted by Crippen LogP contribution is -2.13. The molecule has 236 valence electrons. The van der Waals surface area contributed by atoms with Crippen LogP contribution in [0.25, 0.3) is 58.4 Å². The molecule has 0 amide bonds. The number of fused-ring (bicyclic) bond motifs is 7. The maximum absolute atomic E-state index is 2.47. The zero-order chi connectivity index (χ0) is 33.0. The Kier molecular flexibility index (Phi) is 6.78. The highest BCUT2D eigenvalue weighted by Gasteiger charge is 2.22. The van der Waals surface area contributed by atoms with Gasteiger partial charge in [-0.15, -0.1) is 11.3 Å². The van der Waals surface area contributed by atoms with E-state index < -0.39 is 0 Å². The highest BCUT2D eigenvalue weighted by atomic mass is 32.1. The summed E-state index contributed by atoms with van der Waals surface area (Å²) in [6, 6.07) is 66.4. The number of para-hydroxylation sites is 4. The fourth-order valence-electron chi connectivity index (χ4n) is 7.86. The van der Waals surface area contributed by atoms with Gasteiger partial charge in [-0.25, -0.2) is 0 Å². The van der Waals surface area contributed by atoms with Gasteiger partial charge in [-0.2, -0.15) is 0 Å². The molecule has 0 saturated heterocycles. The van der Waals surface area contributed by atoms with Gasteiger partial charge in [0, 0.05) is 44.0 Å². The molecule has 0 atom stereocenters. The van der Waals surface area contributed by atoms with Gasteiger partial charge in [0.2, 0.25) is 0 Å². The highest BCUT2D eigenvalue weighted by molar-refractivity contribution is 7.26. The standard InChI is InChI=1S/C47H32N2S/c1-2-17-34(18-3-1)48(45-27-14-23-39-38-22-9-13-28-46(38)50-47(39)45)41-24-10-5-16-33(41)31-40-35-19-6-4-15-32(35)29-30-44(40)49-42-25-11-7-20-36(42)37-21-8-12-26-43(37)49/h1-30H,31H2. The molecule has 8 aromatic carbocycles. The van der Waals surface area contributed by atoms with Crippen LogP contribution in [-0.4, -0.2) is 4.57 Å². The first-order valence-corrected chi connectivity index (χ1v) is 18.0. The summed E-state index contributed by atoms with van der Waals surface area (Å²) in [6.45, 7) is 0. The molecule has 10 aromatic rings. The third-order valence-electron chi connectivity index (χ3n) is 10.1. The lowest BCUT2D eigenvalue weighted by Gasteiger charge is -2.28. The van der Waals surface area contributed by atoms with Crippen LogP contribution in [0.1, 0.15) is 11.1 Å². The summed E-state index contributed by atoms with van der Waals surface area (Å²) < 4.78 is 5.08. The zero-order valence-electron chi connectivity index (χ0n) is 27.3. The predicted octanol–water partition coefficient (Wildman–Crippen LogP) is 13.4. The molecule has 50 heavy (non-hydrogen) atoms. The van der Waals surface area contributed by atoms with Crippen LogP contribution in [0, 0.1) is 0 Å². The number of nitrogens with zero attached hydrogens (tertiary/aromatic N) is 2. The average molecular weight is 657 g/mol. The molecule has 0 aliphatic rings. The molecule has 0 unspecified atom stereocenters. The maximum atomic E-state index is 2.47. The van der Waals surface area contributed by atoms with Crippen LogP contribution < -0.4 is 4.90 Å². The summed E-state index contributed by atoms with van der Waals surface area (Å²) in [4.78, 5) is 2.47. The smallest absolute Gasteiger partial charge is 0.0640 e. The maximum Gasteiger partial charge on any atom is 0.0640 e. The summed E-state index contributed by atoms with van der Waals surface area (Å²) in [5, 5.41) is 7.68. The number of hydrogen-bond acceptors (Lipinski definition) is 2. The molecule has 0 aliphatic heterocycles. The highest BCUT2D eigenvalue weighted by Crippen LogP contribution is 2.46. The largest absolute Gasteiger partial charge is 0.309 e. The molecule has 0 radical (unpaired) electrons. The van der Waals surface area contributed by atoms with E-state index in [4.69, 9.17) is 0 Å². The SMILES string of the molecule is c1ccc(N(c2ccccc2Cc2c(-n3c4ccccc4c4ccccc43)ccc3ccccc23)c2cccc3c2sc2ccccc23)cc1. The fraction of sp³-hybridized carbons (Fsp3) is 0.0213. The third-order valence-corrected chi connectivity index (χ3v) is 11.3.